The highest BCUT2D eigenvalue weighted by molar-refractivity contribution is 5.75. The number of ether oxygens (including phenoxy) is 1. The molecule has 0 aliphatic rings. The zero-order chi connectivity index (χ0) is 10.8. The highest BCUT2D eigenvalue weighted by Crippen LogP contribution is 1.90. The molecule has 0 aromatic carbocycles. The third-order valence-corrected chi connectivity index (χ3v) is 1.55. The Balaban J connectivity index is 3.67. The number of alkyl carbamates (subject to hydrolysis) is 1. The van der Waals surface area contributed by atoms with Crippen LogP contribution in [0.4, 0.5) is 4.79 Å². The summed E-state index contributed by atoms with van der Waals surface area (Å²) in [7, 11) is 0. The molecule has 0 aromatic rings. The summed E-state index contributed by atoms with van der Waals surface area (Å²) >= 11 is 0. The van der Waals surface area contributed by atoms with E-state index in [1.807, 2.05) is 6.92 Å². The minimum absolute atomic E-state index is 0.0215. The lowest BCUT2D eigenvalue weighted by molar-refractivity contribution is -0.113. The van der Waals surface area contributed by atoms with Gasteiger partial charge in [-0.1, -0.05) is 13.3 Å². The maximum absolute atomic E-state index is 11.0. The molecule has 0 aliphatic heterocycles. The normalized spacial score (nSPS) is 11.5. The summed E-state index contributed by atoms with van der Waals surface area (Å²) < 4.78 is 4.74. The molecule has 1 amide bonds. The highest BCUT2D eigenvalue weighted by Gasteiger charge is 2.10. The molecule has 0 bridgehead atoms. The molecule has 0 aliphatic carbocycles. The number of carbonyl (C=O) groups excluding carboxylic acids is 3. The monoisotopic (exact) mass is 201 g/mol. The van der Waals surface area contributed by atoms with Crippen molar-refractivity contribution in [3.8, 4) is 0 Å². The lowest BCUT2D eigenvalue weighted by Gasteiger charge is -2.09. The van der Waals surface area contributed by atoms with Gasteiger partial charge in [0.1, 0.15) is 12.6 Å². The fourth-order valence-corrected chi connectivity index (χ4v) is 0.754. The van der Waals surface area contributed by atoms with Crippen molar-refractivity contribution in [3.05, 3.63) is 0 Å². The minimum Gasteiger partial charge on any atom is -0.450 e. The van der Waals surface area contributed by atoms with Gasteiger partial charge in [-0.05, 0) is 6.42 Å². The average molecular weight is 201 g/mol. The molecule has 0 saturated heterocycles. The summed E-state index contributed by atoms with van der Waals surface area (Å²) in [6, 6.07) is -0.776. The zero-order valence-corrected chi connectivity index (χ0v) is 8.19. The molecule has 0 rings (SSSR count). The van der Waals surface area contributed by atoms with Gasteiger partial charge in [0.05, 0.1) is 12.6 Å². The molecule has 0 fully saturated rings. The topological polar surface area (TPSA) is 72.5 Å². The number of carbonyl (C=O) groups is 3. The minimum atomic E-state index is -0.776. The maximum Gasteiger partial charge on any atom is 0.407 e. The number of amides is 1. The smallest absolute Gasteiger partial charge is 0.407 e. The van der Waals surface area contributed by atoms with E-state index in [9.17, 15) is 14.4 Å². The van der Waals surface area contributed by atoms with E-state index in [1.54, 1.807) is 0 Å². The van der Waals surface area contributed by atoms with Crippen molar-refractivity contribution >= 4 is 18.7 Å². The molecule has 5 nitrogen and oxygen atoms in total. The number of nitrogens with one attached hydrogen (secondary N) is 1. The molecule has 0 saturated carbocycles. The largest absolute Gasteiger partial charge is 0.450 e. The highest BCUT2D eigenvalue weighted by atomic mass is 16.5. The van der Waals surface area contributed by atoms with Crippen LogP contribution in [0.1, 0.15) is 26.2 Å². The van der Waals surface area contributed by atoms with Gasteiger partial charge in [-0.3, -0.25) is 0 Å². The lowest BCUT2D eigenvalue weighted by atomic mass is 10.2. The Bertz CT molecular complexity index is 193. The van der Waals surface area contributed by atoms with Crippen LogP contribution < -0.4 is 5.32 Å². The number of aldehydes is 2. The first-order valence-electron chi connectivity index (χ1n) is 4.56. The Labute approximate surface area is 82.8 Å². The summed E-state index contributed by atoms with van der Waals surface area (Å²) in [4.78, 5) is 31.4. The molecule has 0 radical (unpaired) electrons. The van der Waals surface area contributed by atoms with Crippen molar-refractivity contribution in [3.63, 3.8) is 0 Å². The molecule has 0 spiro atoms. The standard InChI is InChI=1S/C9H15NO4/c1-2-3-6-14-9(13)10-8(7-12)4-5-11/h5,7-8H,2-4,6H2,1H3,(H,10,13)/t8-/m0/s1. The molecule has 0 aromatic heterocycles. The van der Waals surface area contributed by atoms with E-state index >= 15 is 0 Å². The van der Waals surface area contributed by atoms with E-state index < -0.39 is 12.1 Å². The Morgan fingerprint density at radius 1 is 1.50 bits per heavy atom. The van der Waals surface area contributed by atoms with E-state index in [4.69, 9.17) is 4.74 Å². The van der Waals surface area contributed by atoms with Crippen molar-refractivity contribution in [1.29, 1.82) is 0 Å². The van der Waals surface area contributed by atoms with E-state index in [1.165, 1.54) is 0 Å². The molecule has 0 unspecified atom stereocenters. The second-order valence-corrected chi connectivity index (χ2v) is 2.78. The molecule has 80 valence electrons. The third-order valence-electron chi connectivity index (χ3n) is 1.55. The molecular formula is C9H15NO4. The fraction of sp³-hybridized carbons (Fsp3) is 0.667. The van der Waals surface area contributed by atoms with Crippen molar-refractivity contribution in [2.45, 2.75) is 32.2 Å². The van der Waals surface area contributed by atoms with Gasteiger partial charge < -0.3 is 19.6 Å². The number of hydrogen-bond acceptors (Lipinski definition) is 4. The average Bonchev–Trinajstić information content (AvgIpc) is 2.17. The Morgan fingerprint density at radius 2 is 2.21 bits per heavy atom. The first-order valence-corrected chi connectivity index (χ1v) is 4.56. The SMILES string of the molecule is CCCCOC(=O)N[C@H](C=O)CC=O. The van der Waals surface area contributed by atoms with Crippen LogP contribution >= 0.6 is 0 Å². The van der Waals surface area contributed by atoms with Crippen LogP contribution in [0.2, 0.25) is 0 Å². The van der Waals surface area contributed by atoms with Gasteiger partial charge >= 0.3 is 6.09 Å². The summed E-state index contributed by atoms with van der Waals surface area (Å²) in [6.07, 6.45) is 2.12. The van der Waals surface area contributed by atoms with Gasteiger partial charge in [-0.2, -0.15) is 0 Å². The van der Waals surface area contributed by atoms with Gasteiger partial charge in [-0.25, -0.2) is 4.79 Å². The summed E-state index contributed by atoms with van der Waals surface area (Å²) in [5.74, 6) is 0. The predicted octanol–water partition coefficient (Wildman–Crippen LogP) is 0.669. The van der Waals surface area contributed by atoms with Crippen molar-refractivity contribution in [2.24, 2.45) is 0 Å². The van der Waals surface area contributed by atoms with Crippen LogP contribution in [0.15, 0.2) is 0 Å². The van der Waals surface area contributed by atoms with Crippen LogP contribution in [0.25, 0.3) is 0 Å². The third kappa shape index (κ3) is 6.16. The fourth-order valence-electron chi connectivity index (χ4n) is 0.754. The van der Waals surface area contributed by atoms with Crippen LogP contribution in [0.3, 0.4) is 0 Å². The van der Waals surface area contributed by atoms with Gasteiger partial charge in [0.2, 0.25) is 0 Å². The Hall–Kier alpha value is -1.39. The summed E-state index contributed by atoms with van der Waals surface area (Å²) in [5.41, 5.74) is 0. The van der Waals surface area contributed by atoms with Crippen LogP contribution in [-0.2, 0) is 14.3 Å². The van der Waals surface area contributed by atoms with E-state index in [0.717, 1.165) is 12.8 Å². The summed E-state index contributed by atoms with van der Waals surface area (Å²) in [6.45, 7) is 2.30. The zero-order valence-electron chi connectivity index (χ0n) is 8.19. The molecular weight excluding hydrogens is 186 g/mol. The Morgan fingerprint density at radius 3 is 2.71 bits per heavy atom. The van der Waals surface area contributed by atoms with E-state index in [0.29, 0.717) is 19.2 Å². The maximum atomic E-state index is 11.0. The second kappa shape index (κ2) is 8.22. The van der Waals surface area contributed by atoms with E-state index in [-0.39, 0.29) is 6.42 Å². The summed E-state index contributed by atoms with van der Waals surface area (Å²) in [5, 5.41) is 2.27. The molecule has 1 atom stereocenters. The quantitative estimate of drug-likeness (QED) is 0.485. The number of rotatable bonds is 7. The van der Waals surface area contributed by atoms with Gasteiger partial charge in [0.25, 0.3) is 0 Å². The van der Waals surface area contributed by atoms with Crippen molar-refractivity contribution in [1.82, 2.24) is 5.32 Å². The van der Waals surface area contributed by atoms with Crippen molar-refractivity contribution in [2.75, 3.05) is 6.61 Å². The van der Waals surface area contributed by atoms with E-state index in [2.05, 4.69) is 5.32 Å². The molecule has 0 heterocycles. The van der Waals surface area contributed by atoms with Crippen LogP contribution in [0, 0.1) is 0 Å². The first-order chi connectivity index (χ1) is 6.74. The van der Waals surface area contributed by atoms with Crippen LogP contribution in [-0.4, -0.2) is 31.3 Å². The first kappa shape index (κ1) is 12.6. The number of hydrogen-bond donors (Lipinski definition) is 1. The van der Waals surface area contributed by atoms with Gasteiger partial charge in [0.15, 0.2) is 0 Å². The van der Waals surface area contributed by atoms with Gasteiger partial charge in [-0.15, -0.1) is 0 Å². The second-order valence-electron chi connectivity index (χ2n) is 2.78. The Kier molecular flexibility index (Phi) is 7.40. The lowest BCUT2D eigenvalue weighted by Crippen LogP contribution is -2.36. The van der Waals surface area contributed by atoms with Crippen LogP contribution in [0.5, 0.6) is 0 Å². The van der Waals surface area contributed by atoms with Crippen molar-refractivity contribution < 1.29 is 19.1 Å². The number of unbranched alkanes of at least 4 members (excludes halogenated alkanes) is 1. The predicted molar refractivity (Wildman–Crippen MR) is 49.9 cm³/mol. The van der Waals surface area contributed by atoms with Gasteiger partial charge in [0, 0.05) is 6.42 Å². The molecule has 5 heteroatoms. The molecule has 1 N–H and O–H groups in total. The molecule has 14 heavy (non-hydrogen) atoms.